The minimum atomic E-state index is -3.85. The van der Waals surface area contributed by atoms with E-state index in [1.807, 2.05) is 39.0 Å². The standard InChI is InChI=1S/C21H27N3O5S/c1-6-18(17-11-10-14(2)12-15(17)3)22-21(25)13-23(30(5,28)29)19-8-7-9-20(16(19)4)24(26)27/h7-12,18H,6,13H2,1-5H3,(H,22,25)/t18-/m1/s1. The third-order valence-electron chi connectivity index (χ3n) is 4.97. The highest BCUT2D eigenvalue weighted by atomic mass is 32.2. The molecular formula is C21H27N3O5S. The minimum Gasteiger partial charge on any atom is -0.348 e. The van der Waals surface area contributed by atoms with Crippen LogP contribution in [0.25, 0.3) is 0 Å². The van der Waals surface area contributed by atoms with E-state index in [9.17, 15) is 23.3 Å². The molecule has 162 valence electrons. The van der Waals surface area contributed by atoms with Gasteiger partial charge in [0.2, 0.25) is 15.9 Å². The van der Waals surface area contributed by atoms with Crippen LogP contribution in [-0.2, 0) is 14.8 Å². The summed E-state index contributed by atoms with van der Waals surface area (Å²) in [6.07, 6.45) is 1.60. The first-order valence-electron chi connectivity index (χ1n) is 9.54. The molecule has 0 aliphatic rings. The zero-order valence-electron chi connectivity index (χ0n) is 17.8. The summed E-state index contributed by atoms with van der Waals surface area (Å²) in [5.41, 5.74) is 3.21. The van der Waals surface area contributed by atoms with Crippen LogP contribution in [0.15, 0.2) is 36.4 Å². The van der Waals surface area contributed by atoms with E-state index < -0.39 is 27.4 Å². The largest absolute Gasteiger partial charge is 0.348 e. The normalized spacial score (nSPS) is 12.3. The fourth-order valence-corrected chi connectivity index (χ4v) is 4.35. The number of aryl methyl sites for hydroxylation is 2. The smallest absolute Gasteiger partial charge is 0.274 e. The van der Waals surface area contributed by atoms with Crippen LogP contribution in [0.3, 0.4) is 0 Å². The summed E-state index contributed by atoms with van der Waals surface area (Å²) < 4.78 is 25.7. The fourth-order valence-electron chi connectivity index (χ4n) is 3.45. The number of amides is 1. The molecule has 2 aromatic carbocycles. The lowest BCUT2D eigenvalue weighted by atomic mass is 9.97. The van der Waals surface area contributed by atoms with E-state index in [4.69, 9.17) is 0 Å². The number of carbonyl (C=O) groups is 1. The summed E-state index contributed by atoms with van der Waals surface area (Å²) >= 11 is 0. The second-order valence-electron chi connectivity index (χ2n) is 7.34. The van der Waals surface area contributed by atoms with Gasteiger partial charge in [-0.15, -0.1) is 0 Å². The number of anilines is 1. The number of sulfonamides is 1. The average molecular weight is 434 g/mol. The molecule has 30 heavy (non-hydrogen) atoms. The zero-order chi connectivity index (χ0) is 22.6. The second-order valence-corrected chi connectivity index (χ2v) is 9.24. The van der Waals surface area contributed by atoms with E-state index in [1.54, 1.807) is 0 Å². The monoisotopic (exact) mass is 433 g/mol. The van der Waals surface area contributed by atoms with Crippen LogP contribution < -0.4 is 9.62 Å². The van der Waals surface area contributed by atoms with Crippen molar-refractivity contribution in [3.63, 3.8) is 0 Å². The Hall–Kier alpha value is -2.94. The van der Waals surface area contributed by atoms with Gasteiger partial charge in [0.1, 0.15) is 6.54 Å². The van der Waals surface area contributed by atoms with Gasteiger partial charge >= 0.3 is 0 Å². The van der Waals surface area contributed by atoms with Crippen molar-refractivity contribution in [2.75, 3.05) is 17.1 Å². The van der Waals surface area contributed by atoms with Gasteiger partial charge in [0, 0.05) is 6.07 Å². The van der Waals surface area contributed by atoms with Crippen molar-refractivity contribution in [1.82, 2.24) is 5.32 Å². The molecule has 0 radical (unpaired) electrons. The minimum absolute atomic E-state index is 0.112. The molecule has 0 unspecified atom stereocenters. The lowest BCUT2D eigenvalue weighted by Crippen LogP contribution is -2.42. The molecule has 8 nitrogen and oxygen atoms in total. The van der Waals surface area contributed by atoms with Crippen LogP contribution in [0.4, 0.5) is 11.4 Å². The predicted octanol–water partition coefficient (Wildman–Crippen LogP) is 3.55. The lowest BCUT2D eigenvalue weighted by molar-refractivity contribution is -0.385. The molecule has 1 N–H and O–H groups in total. The Morgan fingerprint density at radius 2 is 1.87 bits per heavy atom. The van der Waals surface area contributed by atoms with E-state index in [0.29, 0.717) is 6.42 Å². The summed E-state index contributed by atoms with van der Waals surface area (Å²) in [5, 5.41) is 14.1. The predicted molar refractivity (Wildman–Crippen MR) is 117 cm³/mol. The number of hydrogen-bond donors (Lipinski definition) is 1. The topological polar surface area (TPSA) is 110 Å². The molecular weight excluding hydrogens is 406 g/mol. The Morgan fingerprint density at radius 1 is 1.20 bits per heavy atom. The second kappa shape index (κ2) is 9.25. The molecule has 9 heteroatoms. The van der Waals surface area contributed by atoms with Gasteiger partial charge in [0.25, 0.3) is 5.69 Å². The summed E-state index contributed by atoms with van der Waals surface area (Å²) in [6, 6.07) is 9.83. The van der Waals surface area contributed by atoms with Crippen LogP contribution in [0, 0.1) is 30.9 Å². The van der Waals surface area contributed by atoms with E-state index in [-0.39, 0.29) is 23.0 Å². The number of nitro benzene ring substituents is 1. The highest BCUT2D eigenvalue weighted by Gasteiger charge is 2.26. The number of nitro groups is 1. The van der Waals surface area contributed by atoms with Gasteiger partial charge in [0.15, 0.2) is 0 Å². The van der Waals surface area contributed by atoms with Crippen molar-refractivity contribution in [2.24, 2.45) is 0 Å². The van der Waals surface area contributed by atoms with Gasteiger partial charge in [-0.1, -0.05) is 36.8 Å². The molecule has 0 heterocycles. The SMILES string of the molecule is CC[C@@H](NC(=O)CN(c1cccc([N+](=O)[O-])c1C)S(C)(=O)=O)c1ccc(C)cc1C. The summed E-state index contributed by atoms with van der Waals surface area (Å²) in [4.78, 5) is 23.4. The molecule has 0 aromatic heterocycles. The molecule has 1 atom stereocenters. The first-order valence-corrected chi connectivity index (χ1v) is 11.4. The van der Waals surface area contributed by atoms with Gasteiger partial charge in [-0.25, -0.2) is 8.42 Å². The fraction of sp³-hybridized carbons (Fsp3) is 0.381. The molecule has 0 saturated heterocycles. The van der Waals surface area contributed by atoms with Crippen molar-refractivity contribution in [3.8, 4) is 0 Å². The Balaban J connectivity index is 2.33. The van der Waals surface area contributed by atoms with Gasteiger partial charge in [-0.2, -0.15) is 0 Å². The maximum Gasteiger partial charge on any atom is 0.274 e. The van der Waals surface area contributed by atoms with Crippen molar-refractivity contribution >= 4 is 27.3 Å². The third kappa shape index (κ3) is 5.35. The maximum atomic E-state index is 12.8. The summed E-state index contributed by atoms with van der Waals surface area (Å²) in [6.45, 7) is 6.88. The van der Waals surface area contributed by atoms with Crippen LogP contribution in [0.2, 0.25) is 0 Å². The van der Waals surface area contributed by atoms with Crippen molar-refractivity contribution in [2.45, 2.75) is 40.2 Å². The van der Waals surface area contributed by atoms with E-state index >= 15 is 0 Å². The Morgan fingerprint density at radius 3 is 2.40 bits per heavy atom. The molecule has 0 saturated carbocycles. The van der Waals surface area contributed by atoms with Crippen LogP contribution in [-0.4, -0.2) is 32.0 Å². The molecule has 2 aromatic rings. The van der Waals surface area contributed by atoms with Crippen LogP contribution in [0.5, 0.6) is 0 Å². The quantitative estimate of drug-likeness (QED) is 0.506. The molecule has 1 amide bonds. The third-order valence-corrected chi connectivity index (χ3v) is 6.10. The van der Waals surface area contributed by atoms with Crippen molar-refractivity contribution in [1.29, 1.82) is 0 Å². The van der Waals surface area contributed by atoms with E-state index in [0.717, 1.165) is 27.3 Å². The van der Waals surface area contributed by atoms with Gasteiger partial charge in [-0.3, -0.25) is 19.2 Å². The number of rotatable bonds is 8. The Bertz CT molecular complexity index is 1070. The number of benzene rings is 2. The highest BCUT2D eigenvalue weighted by Crippen LogP contribution is 2.30. The zero-order valence-corrected chi connectivity index (χ0v) is 18.6. The average Bonchev–Trinajstić information content (AvgIpc) is 2.64. The number of carbonyl (C=O) groups excluding carboxylic acids is 1. The first-order chi connectivity index (χ1) is 14.0. The molecule has 0 aliphatic carbocycles. The molecule has 2 rings (SSSR count). The molecule has 0 spiro atoms. The summed E-state index contributed by atoms with van der Waals surface area (Å²) in [7, 11) is -3.85. The van der Waals surface area contributed by atoms with Crippen molar-refractivity contribution in [3.05, 3.63) is 68.8 Å². The molecule has 0 bridgehead atoms. The summed E-state index contributed by atoms with van der Waals surface area (Å²) in [5.74, 6) is -0.488. The van der Waals surface area contributed by atoms with Crippen molar-refractivity contribution < 1.29 is 18.1 Å². The molecule has 0 fully saturated rings. The van der Waals surface area contributed by atoms with Gasteiger partial charge in [-0.05, 0) is 44.4 Å². The van der Waals surface area contributed by atoms with E-state index in [2.05, 4.69) is 5.32 Å². The maximum absolute atomic E-state index is 12.8. The Kier molecular flexibility index (Phi) is 7.20. The molecule has 0 aliphatic heterocycles. The Labute approximate surface area is 177 Å². The van der Waals surface area contributed by atoms with Gasteiger partial charge < -0.3 is 5.32 Å². The van der Waals surface area contributed by atoms with Crippen LogP contribution >= 0.6 is 0 Å². The van der Waals surface area contributed by atoms with Crippen LogP contribution in [0.1, 0.15) is 41.6 Å². The number of nitrogens with one attached hydrogen (secondary N) is 1. The number of hydrogen-bond acceptors (Lipinski definition) is 5. The number of nitrogens with zero attached hydrogens (tertiary/aromatic N) is 2. The van der Waals surface area contributed by atoms with Gasteiger partial charge in [0.05, 0.1) is 28.5 Å². The van der Waals surface area contributed by atoms with E-state index in [1.165, 1.54) is 25.1 Å². The highest BCUT2D eigenvalue weighted by molar-refractivity contribution is 7.92. The lowest BCUT2D eigenvalue weighted by Gasteiger charge is -2.25. The first kappa shape index (κ1) is 23.3.